The monoisotopic (exact) mass is 533 g/mol. The number of hydrogen-bond donors (Lipinski definition) is 5. The van der Waals surface area contributed by atoms with Crippen LogP contribution in [-0.4, -0.2) is 118 Å². The first kappa shape index (κ1) is 28.6. The largest absolute Gasteiger partial charge is 0.479 e. The number of carbonyl (C=O) groups is 2. The molecule has 11 nitrogen and oxygen atoms in total. The number of piperazine rings is 1. The van der Waals surface area contributed by atoms with Crippen molar-refractivity contribution in [3.05, 3.63) is 54.1 Å². The van der Waals surface area contributed by atoms with Crippen LogP contribution in [0.3, 0.4) is 0 Å². The highest BCUT2D eigenvalue weighted by molar-refractivity contribution is 7.99. The normalized spacial score (nSPS) is 16.7. The lowest BCUT2D eigenvalue weighted by Gasteiger charge is -2.36. The van der Waals surface area contributed by atoms with E-state index in [9.17, 15) is 9.59 Å². The molecule has 4 rings (SSSR count). The van der Waals surface area contributed by atoms with Gasteiger partial charge in [-0.25, -0.2) is 14.6 Å². The van der Waals surface area contributed by atoms with Gasteiger partial charge in [0.05, 0.1) is 25.5 Å². The topological polar surface area (TPSA) is 163 Å². The smallest absolute Gasteiger partial charge is 0.335 e. The van der Waals surface area contributed by atoms with Gasteiger partial charge in [-0.2, -0.15) is 0 Å². The molecule has 2 atom stereocenters. The van der Waals surface area contributed by atoms with Crippen molar-refractivity contribution < 1.29 is 39.9 Å². The van der Waals surface area contributed by atoms with Crippen molar-refractivity contribution in [2.24, 2.45) is 4.99 Å². The number of aliphatic hydroxyl groups excluding tert-OH is 3. The van der Waals surface area contributed by atoms with Crippen LogP contribution >= 0.6 is 11.8 Å². The summed E-state index contributed by atoms with van der Waals surface area (Å²) in [6, 6.07) is 16.9. The Morgan fingerprint density at radius 3 is 2.11 bits per heavy atom. The minimum atomic E-state index is -2.27. The number of nitrogens with zero attached hydrogens (tertiary/aromatic N) is 3. The van der Waals surface area contributed by atoms with Gasteiger partial charge in [-0.15, -0.1) is 0 Å². The van der Waals surface area contributed by atoms with E-state index in [1.807, 2.05) is 0 Å². The minimum Gasteiger partial charge on any atom is -0.479 e. The predicted octanol–water partition coefficient (Wildman–Crippen LogP) is 0.733. The van der Waals surface area contributed by atoms with E-state index in [1.54, 1.807) is 11.8 Å². The van der Waals surface area contributed by atoms with E-state index in [-0.39, 0.29) is 6.61 Å². The zero-order chi connectivity index (χ0) is 26.8. The van der Waals surface area contributed by atoms with Gasteiger partial charge in [-0.3, -0.25) is 4.90 Å². The maximum atomic E-state index is 9.77. The van der Waals surface area contributed by atoms with Crippen LogP contribution in [0.2, 0.25) is 0 Å². The molecule has 0 spiro atoms. The summed E-state index contributed by atoms with van der Waals surface area (Å²) in [4.78, 5) is 31.9. The van der Waals surface area contributed by atoms with Crippen LogP contribution in [0.15, 0.2) is 63.3 Å². The number of para-hydroxylation sites is 1. The van der Waals surface area contributed by atoms with E-state index in [2.05, 4.69) is 58.3 Å². The summed E-state index contributed by atoms with van der Waals surface area (Å²) in [5.74, 6) is -2.45. The number of carboxylic acids is 2. The van der Waals surface area contributed by atoms with E-state index in [1.165, 1.54) is 15.4 Å². The van der Waals surface area contributed by atoms with Crippen LogP contribution in [0, 0.1) is 0 Å². The number of ether oxygens (including phenoxy) is 1. The second-order valence-electron chi connectivity index (χ2n) is 8.23. The Hall–Kier alpha value is -3.00. The summed E-state index contributed by atoms with van der Waals surface area (Å²) in [6.07, 6.45) is -4.53. The molecular weight excluding hydrogens is 502 g/mol. The fraction of sp³-hybridized carbons (Fsp3) is 0.400. The molecular formula is C25H31N3O8S. The molecule has 0 aromatic heterocycles. The number of aliphatic imine (C=N–C) groups is 1. The third-order valence-corrected chi connectivity index (χ3v) is 6.84. The van der Waals surface area contributed by atoms with Gasteiger partial charge < -0.3 is 35.2 Å². The Balaban J connectivity index is 0.000000325. The molecule has 2 aromatic carbocycles. The molecule has 1 saturated heterocycles. The van der Waals surface area contributed by atoms with Crippen LogP contribution in [0.4, 0.5) is 5.69 Å². The summed E-state index contributed by atoms with van der Waals surface area (Å²) in [5, 5.41) is 41.3. The van der Waals surface area contributed by atoms with Gasteiger partial charge in [0.15, 0.2) is 12.2 Å². The standard InChI is InChI=1S/C21H25N3O2S.C4H6O6/c25-14-16-26-15-13-23-9-11-24(12-10-23)21-17-5-1-3-7-19(17)27-20-8-4-2-6-18(20)22-21;5-1(3(7)8)2(6)4(9)10/h1-8,25H,9-16H2;1-2,5-6H,(H,7,8)(H,9,10). The lowest BCUT2D eigenvalue weighted by atomic mass is 10.1. The zero-order valence-electron chi connectivity index (χ0n) is 20.1. The number of hydrogen-bond acceptors (Lipinski definition) is 10. The van der Waals surface area contributed by atoms with Crippen molar-refractivity contribution in [3.63, 3.8) is 0 Å². The molecule has 2 aromatic rings. The molecule has 0 amide bonds. The van der Waals surface area contributed by atoms with E-state index in [0.717, 1.165) is 44.2 Å². The van der Waals surface area contributed by atoms with Crippen molar-refractivity contribution in [2.45, 2.75) is 22.0 Å². The van der Waals surface area contributed by atoms with Crippen molar-refractivity contribution in [2.75, 3.05) is 52.5 Å². The van der Waals surface area contributed by atoms with E-state index in [4.69, 9.17) is 35.3 Å². The first-order chi connectivity index (χ1) is 17.8. The first-order valence-corrected chi connectivity index (χ1v) is 12.6. The Labute approximate surface area is 218 Å². The second kappa shape index (κ2) is 14.1. The van der Waals surface area contributed by atoms with Crippen molar-refractivity contribution in [3.8, 4) is 0 Å². The van der Waals surface area contributed by atoms with Crippen LogP contribution < -0.4 is 0 Å². The molecule has 5 N–H and O–H groups in total. The number of fused-ring (bicyclic) bond motifs is 2. The Bertz CT molecular complexity index is 1070. The van der Waals surface area contributed by atoms with Crippen LogP contribution in [0.5, 0.6) is 0 Å². The van der Waals surface area contributed by atoms with Gasteiger partial charge >= 0.3 is 11.9 Å². The molecule has 12 heteroatoms. The van der Waals surface area contributed by atoms with Crippen molar-refractivity contribution >= 4 is 35.2 Å². The predicted molar refractivity (Wildman–Crippen MR) is 136 cm³/mol. The molecule has 1 fully saturated rings. The van der Waals surface area contributed by atoms with E-state index >= 15 is 0 Å². The maximum Gasteiger partial charge on any atom is 0.335 e. The summed E-state index contributed by atoms with van der Waals surface area (Å²) in [6.45, 7) is 6.01. The Kier molecular flexibility index (Phi) is 10.9. The maximum absolute atomic E-state index is 9.77. The Morgan fingerprint density at radius 1 is 0.892 bits per heavy atom. The highest BCUT2D eigenvalue weighted by Gasteiger charge is 2.29. The molecule has 200 valence electrons. The van der Waals surface area contributed by atoms with E-state index in [0.29, 0.717) is 13.2 Å². The molecule has 2 aliphatic heterocycles. The highest BCUT2D eigenvalue weighted by atomic mass is 32.2. The second-order valence-corrected chi connectivity index (χ2v) is 9.32. The molecule has 37 heavy (non-hydrogen) atoms. The zero-order valence-corrected chi connectivity index (χ0v) is 21.0. The van der Waals surface area contributed by atoms with Gasteiger partial charge in [0.1, 0.15) is 5.84 Å². The number of rotatable bonds is 8. The molecule has 0 bridgehead atoms. The summed E-state index contributed by atoms with van der Waals surface area (Å²) < 4.78 is 5.40. The first-order valence-electron chi connectivity index (χ1n) is 11.7. The number of aliphatic carboxylic acids is 2. The quantitative estimate of drug-likeness (QED) is 0.304. The summed E-state index contributed by atoms with van der Waals surface area (Å²) in [7, 11) is 0. The fourth-order valence-corrected chi connectivity index (χ4v) is 4.74. The number of carboxylic acid groups (broad SMARTS) is 2. The van der Waals surface area contributed by atoms with Crippen LogP contribution in [-0.2, 0) is 14.3 Å². The third kappa shape index (κ3) is 7.99. The van der Waals surface area contributed by atoms with Crippen molar-refractivity contribution in [1.29, 1.82) is 0 Å². The number of benzene rings is 2. The number of amidine groups is 1. The molecule has 2 heterocycles. The molecule has 0 aliphatic carbocycles. The average Bonchev–Trinajstić information content (AvgIpc) is 3.07. The molecule has 2 aliphatic rings. The molecule has 2 unspecified atom stereocenters. The highest BCUT2D eigenvalue weighted by Crippen LogP contribution is 2.40. The van der Waals surface area contributed by atoms with Gasteiger partial charge in [-0.05, 0) is 18.2 Å². The molecule has 0 saturated carbocycles. The minimum absolute atomic E-state index is 0.0898. The van der Waals surface area contributed by atoms with Gasteiger partial charge in [0, 0.05) is 48.1 Å². The Morgan fingerprint density at radius 2 is 1.49 bits per heavy atom. The third-order valence-electron chi connectivity index (χ3n) is 5.70. The van der Waals surface area contributed by atoms with Gasteiger partial charge in [0.2, 0.25) is 0 Å². The van der Waals surface area contributed by atoms with Crippen LogP contribution in [0.1, 0.15) is 5.56 Å². The number of aliphatic hydroxyl groups is 3. The molecule has 0 radical (unpaired) electrons. The SMILES string of the molecule is O=C(O)C(O)C(O)C(=O)O.OCCOCCN1CCN(C2=Nc3ccccc3Sc3ccccc32)CC1. The lowest BCUT2D eigenvalue weighted by molar-refractivity contribution is -0.165. The van der Waals surface area contributed by atoms with Crippen molar-refractivity contribution in [1.82, 2.24) is 9.80 Å². The fourth-order valence-electron chi connectivity index (χ4n) is 3.72. The van der Waals surface area contributed by atoms with Crippen LogP contribution in [0.25, 0.3) is 0 Å². The van der Waals surface area contributed by atoms with Gasteiger partial charge in [0.25, 0.3) is 0 Å². The van der Waals surface area contributed by atoms with E-state index < -0.39 is 24.1 Å². The van der Waals surface area contributed by atoms with Gasteiger partial charge in [-0.1, -0.05) is 42.1 Å². The summed E-state index contributed by atoms with van der Waals surface area (Å²) in [5.41, 5.74) is 2.27. The summed E-state index contributed by atoms with van der Waals surface area (Å²) >= 11 is 1.80. The average molecular weight is 534 g/mol. The lowest BCUT2D eigenvalue weighted by Crippen LogP contribution is -2.49.